The van der Waals surface area contributed by atoms with E-state index in [1.54, 1.807) is 7.11 Å². The summed E-state index contributed by atoms with van der Waals surface area (Å²) in [4.78, 5) is 0. The van der Waals surface area contributed by atoms with Crippen LogP contribution < -0.4 is 10.1 Å². The highest BCUT2D eigenvalue weighted by atomic mass is 32.2. The molecule has 96 valence electrons. The predicted octanol–water partition coefficient (Wildman–Crippen LogP) is 2.97. The molecule has 1 aromatic rings. The number of ether oxygens (including phenoxy) is 1. The summed E-state index contributed by atoms with van der Waals surface area (Å²) >= 11 is 1.99. The Morgan fingerprint density at radius 2 is 2.00 bits per heavy atom. The first-order valence-corrected chi connectivity index (χ1v) is 7.13. The van der Waals surface area contributed by atoms with E-state index in [0.717, 1.165) is 17.9 Å². The summed E-state index contributed by atoms with van der Waals surface area (Å²) in [5.41, 5.74) is 1.28. The van der Waals surface area contributed by atoms with Crippen molar-refractivity contribution >= 4 is 11.8 Å². The van der Waals surface area contributed by atoms with Crippen molar-refractivity contribution in [2.75, 3.05) is 19.9 Å². The largest absolute Gasteiger partial charge is 0.496 e. The molecule has 0 fully saturated rings. The maximum absolute atomic E-state index is 5.38. The molecule has 1 aromatic carbocycles. The lowest BCUT2D eigenvalue weighted by Crippen LogP contribution is -2.30. The Morgan fingerprint density at radius 1 is 1.29 bits per heavy atom. The molecule has 3 heteroatoms. The molecule has 0 heterocycles. The van der Waals surface area contributed by atoms with Gasteiger partial charge >= 0.3 is 0 Å². The zero-order valence-corrected chi connectivity index (χ0v) is 12.0. The minimum Gasteiger partial charge on any atom is -0.496 e. The van der Waals surface area contributed by atoms with E-state index in [0.29, 0.717) is 11.3 Å². The van der Waals surface area contributed by atoms with Gasteiger partial charge in [-0.05, 0) is 30.3 Å². The fraction of sp³-hybridized carbons (Fsp3) is 0.571. The Hall–Kier alpha value is -0.670. The predicted molar refractivity (Wildman–Crippen MR) is 77.1 cm³/mol. The average Bonchev–Trinajstić information content (AvgIpc) is 2.34. The van der Waals surface area contributed by atoms with E-state index in [2.05, 4.69) is 31.3 Å². The summed E-state index contributed by atoms with van der Waals surface area (Å²) in [5, 5.41) is 4.06. The van der Waals surface area contributed by atoms with Crippen LogP contribution in [0.4, 0.5) is 0 Å². The van der Waals surface area contributed by atoms with Gasteiger partial charge in [0.1, 0.15) is 5.75 Å². The lowest BCUT2D eigenvalue weighted by Gasteiger charge is -2.18. The second-order valence-corrected chi connectivity index (χ2v) is 5.99. The van der Waals surface area contributed by atoms with E-state index in [4.69, 9.17) is 4.74 Å². The number of methoxy groups -OCH3 is 1. The minimum absolute atomic E-state index is 0.499. The van der Waals surface area contributed by atoms with Crippen LogP contribution >= 0.6 is 11.8 Å². The van der Waals surface area contributed by atoms with Crippen molar-refractivity contribution in [3.8, 4) is 5.75 Å². The number of para-hydroxylation sites is 1. The molecule has 0 radical (unpaired) electrons. The van der Waals surface area contributed by atoms with Gasteiger partial charge in [-0.3, -0.25) is 0 Å². The SMILES string of the molecule is CNC(CSC(C)C)Cc1ccccc1OC. The fourth-order valence-corrected chi connectivity index (χ4v) is 2.59. The molecule has 17 heavy (non-hydrogen) atoms. The fourth-order valence-electron chi connectivity index (χ4n) is 1.69. The van der Waals surface area contributed by atoms with Gasteiger partial charge in [-0.25, -0.2) is 0 Å². The number of benzene rings is 1. The molecular weight excluding hydrogens is 230 g/mol. The van der Waals surface area contributed by atoms with Crippen molar-refractivity contribution < 1.29 is 4.74 Å². The molecule has 0 bridgehead atoms. The first-order valence-electron chi connectivity index (χ1n) is 6.08. The van der Waals surface area contributed by atoms with Gasteiger partial charge in [-0.2, -0.15) is 11.8 Å². The molecule has 0 amide bonds. The Balaban J connectivity index is 2.60. The Morgan fingerprint density at radius 3 is 2.59 bits per heavy atom. The second-order valence-electron chi connectivity index (χ2n) is 4.38. The number of hydrogen-bond donors (Lipinski definition) is 1. The van der Waals surface area contributed by atoms with E-state index in [-0.39, 0.29) is 0 Å². The van der Waals surface area contributed by atoms with Gasteiger partial charge in [0.2, 0.25) is 0 Å². The molecule has 1 rings (SSSR count). The van der Waals surface area contributed by atoms with E-state index in [1.807, 2.05) is 30.9 Å². The first kappa shape index (κ1) is 14.4. The molecule has 0 aliphatic heterocycles. The topological polar surface area (TPSA) is 21.3 Å². The number of thioether (sulfide) groups is 1. The Labute approximate surface area is 109 Å². The molecule has 1 N–H and O–H groups in total. The number of rotatable bonds is 7. The maximum atomic E-state index is 5.38. The molecule has 1 unspecified atom stereocenters. The summed E-state index contributed by atoms with van der Waals surface area (Å²) in [6, 6.07) is 8.75. The van der Waals surface area contributed by atoms with Crippen molar-refractivity contribution in [3.63, 3.8) is 0 Å². The molecule has 0 aliphatic carbocycles. The van der Waals surface area contributed by atoms with Crippen molar-refractivity contribution in [2.24, 2.45) is 0 Å². The molecule has 0 spiro atoms. The van der Waals surface area contributed by atoms with Gasteiger partial charge in [0.15, 0.2) is 0 Å². The second kappa shape index (κ2) is 7.62. The van der Waals surface area contributed by atoms with Crippen LogP contribution in [0.1, 0.15) is 19.4 Å². The van der Waals surface area contributed by atoms with Crippen LogP contribution in [0.2, 0.25) is 0 Å². The van der Waals surface area contributed by atoms with Crippen LogP contribution in [-0.2, 0) is 6.42 Å². The summed E-state index contributed by atoms with van der Waals surface area (Å²) < 4.78 is 5.38. The van der Waals surface area contributed by atoms with Crippen LogP contribution in [0.15, 0.2) is 24.3 Å². The van der Waals surface area contributed by atoms with Crippen LogP contribution in [0, 0.1) is 0 Å². The normalized spacial score (nSPS) is 12.8. The third-order valence-electron chi connectivity index (χ3n) is 2.70. The lowest BCUT2D eigenvalue weighted by atomic mass is 10.1. The third kappa shape index (κ3) is 5.00. The summed E-state index contributed by atoms with van der Waals surface area (Å²) in [6.07, 6.45) is 1.01. The van der Waals surface area contributed by atoms with Gasteiger partial charge < -0.3 is 10.1 Å². The van der Waals surface area contributed by atoms with Crippen molar-refractivity contribution in [1.29, 1.82) is 0 Å². The summed E-state index contributed by atoms with van der Waals surface area (Å²) in [5.74, 6) is 2.12. The molecule has 0 saturated carbocycles. The van der Waals surface area contributed by atoms with Crippen LogP contribution in [0.5, 0.6) is 5.75 Å². The molecule has 0 aromatic heterocycles. The maximum Gasteiger partial charge on any atom is 0.122 e. The Bertz CT molecular complexity index is 328. The number of hydrogen-bond acceptors (Lipinski definition) is 3. The highest BCUT2D eigenvalue weighted by molar-refractivity contribution is 7.99. The van der Waals surface area contributed by atoms with Gasteiger partial charge in [-0.15, -0.1) is 0 Å². The third-order valence-corrected chi connectivity index (χ3v) is 3.96. The summed E-state index contributed by atoms with van der Waals surface area (Å²) in [7, 11) is 3.76. The average molecular weight is 253 g/mol. The first-order chi connectivity index (χ1) is 8.17. The lowest BCUT2D eigenvalue weighted by molar-refractivity contribution is 0.407. The quantitative estimate of drug-likeness (QED) is 0.807. The highest BCUT2D eigenvalue weighted by Crippen LogP contribution is 2.20. The molecule has 1 atom stereocenters. The minimum atomic E-state index is 0.499. The van der Waals surface area contributed by atoms with Crippen molar-refractivity contribution in [2.45, 2.75) is 31.6 Å². The van der Waals surface area contributed by atoms with Crippen LogP contribution in [0.3, 0.4) is 0 Å². The molecule has 2 nitrogen and oxygen atoms in total. The van der Waals surface area contributed by atoms with E-state index in [1.165, 1.54) is 5.56 Å². The van der Waals surface area contributed by atoms with Crippen LogP contribution in [0.25, 0.3) is 0 Å². The van der Waals surface area contributed by atoms with E-state index in [9.17, 15) is 0 Å². The van der Waals surface area contributed by atoms with Gasteiger partial charge in [0.05, 0.1) is 7.11 Å². The zero-order valence-electron chi connectivity index (χ0n) is 11.2. The van der Waals surface area contributed by atoms with E-state index < -0.39 is 0 Å². The van der Waals surface area contributed by atoms with Crippen LogP contribution in [-0.4, -0.2) is 31.2 Å². The van der Waals surface area contributed by atoms with Gasteiger partial charge in [0, 0.05) is 11.8 Å². The molecule has 0 aliphatic rings. The standard InChI is InChI=1S/C14H23NOS/c1-11(2)17-10-13(15-3)9-12-7-5-6-8-14(12)16-4/h5-8,11,13,15H,9-10H2,1-4H3. The summed E-state index contributed by atoms with van der Waals surface area (Å²) in [6.45, 7) is 4.47. The van der Waals surface area contributed by atoms with Crippen molar-refractivity contribution in [3.05, 3.63) is 29.8 Å². The van der Waals surface area contributed by atoms with Gasteiger partial charge in [-0.1, -0.05) is 32.0 Å². The highest BCUT2D eigenvalue weighted by Gasteiger charge is 2.11. The number of likely N-dealkylation sites (N-methyl/N-ethyl adjacent to an activating group) is 1. The molecular formula is C14H23NOS. The zero-order chi connectivity index (χ0) is 12.7. The van der Waals surface area contributed by atoms with Gasteiger partial charge in [0.25, 0.3) is 0 Å². The smallest absolute Gasteiger partial charge is 0.122 e. The van der Waals surface area contributed by atoms with Crippen molar-refractivity contribution in [1.82, 2.24) is 5.32 Å². The molecule has 0 saturated heterocycles. The monoisotopic (exact) mass is 253 g/mol. The Kier molecular flexibility index (Phi) is 6.45. The van der Waals surface area contributed by atoms with E-state index >= 15 is 0 Å². The number of nitrogens with one attached hydrogen (secondary N) is 1.